The van der Waals surface area contributed by atoms with E-state index in [2.05, 4.69) is 0 Å². The van der Waals surface area contributed by atoms with E-state index in [1.54, 1.807) is 13.8 Å². The van der Waals surface area contributed by atoms with Gasteiger partial charge in [-0.15, -0.1) is 0 Å². The van der Waals surface area contributed by atoms with Crippen molar-refractivity contribution < 1.29 is 14.7 Å². The van der Waals surface area contributed by atoms with Crippen LogP contribution in [0.15, 0.2) is 23.3 Å². The number of hydrogen-bond acceptors (Lipinski definition) is 3. The third kappa shape index (κ3) is 1.35. The van der Waals surface area contributed by atoms with E-state index in [9.17, 15) is 14.7 Å². The average Bonchev–Trinajstić information content (AvgIpc) is 2.08. The molecule has 13 heavy (non-hydrogen) atoms. The molecule has 3 heteroatoms. The Labute approximate surface area is 76.8 Å². The lowest BCUT2D eigenvalue weighted by atomic mass is 9.82. The Balaban J connectivity index is 3.26. The second-order valence-corrected chi connectivity index (χ2v) is 3.27. The van der Waals surface area contributed by atoms with E-state index < -0.39 is 5.60 Å². The highest BCUT2D eigenvalue weighted by atomic mass is 16.3. The molecular formula is C10H12O3. The van der Waals surface area contributed by atoms with Crippen LogP contribution in [0.4, 0.5) is 0 Å². The first-order chi connectivity index (χ1) is 5.89. The maximum Gasteiger partial charge on any atom is 0.181 e. The number of carbonyl (C=O) groups excluding carboxylic acids is 2. The summed E-state index contributed by atoms with van der Waals surface area (Å²) in [5.74, 6) is -0.517. The van der Waals surface area contributed by atoms with Crippen LogP contribution in [0.25, 0.3) is 0 Å². The summed E-state index contributed by atoms with van der Waals surface area (Å²) in [6, 6.07) is 0. The van der Waals surface area contributed by atoms with E-state index in [0.29, 0.717) is 11.1 Å². The van der Waals surface area contributed by atoms with Gasteiger partial charge < -0.3 is 5.11 Å². The summed E-state index contributed by atoms with van der Waals surface area (Å²) in [4.78, 5) is 22.3. The van der Waals surface area contributed by atoms with E-state index in [0.717, 1.165) is 0 Å². The SMILES string of the molecule is CC(=O)C1(O)C=CC(=O)C(C)=C1C. The minimum atomic E-state index is -1.57. The molecule has 3 nitrogen and oxygen atoms in total. The number of aliphatic hydroxyl groups is 1. The number of Topliss-reactive ketones (excluding diaryl/α,β-unsaturated/α-hetero) is 1. The second kappa shape index (κ2) is 2.92. The largest absolute Gasteiger partial charge is 0.374 e. The molecule has 0 bridgehead atoms. The van der Waals surface area contributed by atoms with E-state index in [4.69, 9.17) is 0 Å². The minimum Gasteiger partial charge on any atom is -0.374 e. The maximum atomic E-state index is 11.1. The highest BCUT2D eigenvalue weighted by Gasteiger charge is 2.36. The zero-order valence-electron chi connectivity index (χ0n) is 7.92. The summed E-state index contributed by atoms with van der Waals surface area (Å²) in [7, 11) is 0. The van der Waals surface area contributed by atoms with Crippen molar-refractivity contribution in [2.24, 2.45) is 0 Å². The molecule has 0 heterocycles. The van der Waals surface area contributed by atoms with Gasteiger partial charge in [-0.3, -0.25) is 9.59 Å². The molecule has 0 aromatic carbocycles. The molecule has 0 spiro atoms. The third-order valence-corrected chi connectivity index (χ3v) is 2.52. The van der Waals surface area contributed by atoms with Crippen LogP contribution in [0, 0.1) is 0 Å². The number of rotatable bonds is 1. The van der Waals surface area contributed by atoms with Gasteiger partial charge >= 0.3 is 0 Å². The summed E-state index contributed by atoms with van der Waals surface area (Å²) >= 11 is 0. The second-order valence-electron chi connectivity index (χ2n) is 3.27. The fourth-order valence-corrected chi connectivity index (χ4v) is 1.30. The Morgan fingerprint density at radius 2 is 2.00 bits per heavy atom. The molecule has 70 valence electrons. The number of carbonyl (C=O) groups is 2. The van der Waals surface area contributed by atoms with Crippen molar-refractivity contribution >= 4 is 11.6 Å². The van der Waals surface area contributed by atoms with Crippen molar-refractivity contribution in [3.05, 3.63) is 23.3 Å². The van der Waals surface area contributed by atoms with Crippen LogP contribution >= 0.6 is 0 Å². The first-order valence-electron chi connectivity index (χ1n) is 4.04. The Bertz CT molecular complexity index is 336. The van der Waals surface area contributed by atoms with Gasteiger partial charge in [-0.05, 0) is 44.1 Å². The van der Waals surface area contributed by atoms with Gasteiger partial charge in [0.1, 0.15) is 0 Å². The van der Waals surface area contributed by atoms with Crippen LogP contribution in [0.5, 0.6) is 0 Å². The maximum absolute atomic E-state index is 11.1. The minimum absolute atomic E-state index is 0.150. The summed E-state index contributed by atoms with van der Waals surface area (Å²) in [5, 5.41) is 9.86. The Morgan fingerprint density at radius 3 is 2.46 bits per heavy atom. The van der Waals surface area contributed by atoms with Crippen LogP contribution in [0.2, 0.25) is 0 Å². The number of ketones is 2. The molecule has 0 aromatic rings. The van der Waals surface area contributed by atoms with Crippen LogP contribution in [-0.2, 0) is 9.59 Å². The molecule has 1 aliphatic carbocycles. The third-order valence-electron chi connectivity index (χ3n) is 2.52. The topological polar surface area (TPSA) is 54.4 Å². The van der Waals surface area contributed by atoms with E-state index in [-0.39, 0.29) is 11.6 Å². The Hall–Kier alpha value is -1.22. The lowest BCUT2D eigenvalue weighted by molar-refractivity contribution is -0.128. The van der Waals surface area contributed by atoms with Gasteiger partial charge in [-0.25, -0.2) is 0 Å². The zero-order chi connectivity index (χ0) is 10.2. The Morgan fingerprint density at radius 1 is 1.46 bits per heavy atom. The van der Waals surface area contributed by atoms with Crippen LogP contribution in [0.3, 0.4) is 0 Å². The summed E-state index contributed by atoms with van der Waals surface area (Å²) in [5.41, 5.74) is -0.703. The molecule has 1 N–H and O–H groups in total. The summed E-state index contributed by atoms with van der Waals surface area (Å²) < 4.78 is 0. The summed E-state index contributed by atoms with van der Waals surface area (Å²) in [6.45, 7) is 4.50. The fraction of sp³-hybridized carbons (Fsp3) is 0.400. The number of hydrogen-bond donors (Lipinski definition) is 1. The molecule has 1 aliphatic rings. The zero-order valence-corrected chi connectivity index (χ0v) is 7.92. The van der Waals surface area contributed by atoms with E-state index in [1.165, 1.54) is 19.1 Å². The van der Waals surface area contributed by atoms with Gasteiger partial charge in [-0.2, -0.15) is 0 Å². The van der Waals surface area contributed by atoms with Gasteiger partial charge in [-0.1, -0.05) is 0 Å². The van der Waals surface area contributed by atoms with Gasteiger partial charge in [0, 0.05) is 0 Å². The van der Waals surface area contributed by atoms with Crippen molar-refractivity contribution in [2.45, 2.75) is 26.4 Å². The molecule has 0 saturated heterocycles. The molecule has 0 amide bonds. The quantitative estimate of drug-likeness (QED) is 0.648. The van der Waals surface area contributed by atoms with Crippen LogP contribution in [-0.4, -0.2) is 22.3 Å². The average molecular weight is 180 g/mol. The van der Waals surface area contributed by atoms with E-state index in [1.807, 2.05) is 0 Å². The van der Waals surface area contributed by atoms with Crippen LogP contribution < -0.4 is 0 Å². The normalized spacial score (nSPS) is 28.2. The lowest BCUT2D eigenvalue weighted by Gasteiger charge is -2.26. The van der Waals surface area contributed by atoms with Crippen LogP contribution in [0.1, 0.15) is 20.8 Å². The predicted octanol–water partition coefficient (Wildman–Crippen LogP) is 0.782. The first-order valence-corrected chi connectivity index (χ1v) is 4.04. The number of allylic oxidation sites excluding steroid dienone is 2. The molecule has 1 rings (SSSR count). The summed E-state index contributed by atoms with van der Waals surface area (Å²) in [6.07, 6.45) is 2.49. The molecule has 0 saturated carbocycles. The van der Waals surface area contributed by atoms with Gasteiger partial charge in [0.05, 0.1) is 0 Å². The van der Waals surface area contributed by atoms with Gasteiger partial charge in [0.2, 0.25) is 0 Å². The molecule has 0 radical (unpaired) electrons. The fourth-order valence-electron chi connectivity index (χ4n) is 1.30. The smallest absolute Gasteiger partial charge is 0.181 e. The molecular weight excluding hydrogens is 168 g/mol. The van der Waals surface area contributed by atoms with Gasteiger partial charge in [0.15, 0.2) is 17.2 Å². The molecule has 1 unspecified atom stereocenters. The molecule has 0 aliphatic heterocycles. The highest BCUT2D eigenvalue weighted by molar-refractivity contribution is 6.08. The van der Waals surface area contributed by atoms with Crippen molar-refractivity contribution in [2.75, 3.05) is 0 Å². The first kappa shape index (κ1) is 9.86. The molecule has 0 aromatic heterocycles. The molecule has 0 fully saturated rings. The lowest BCUT2D eigenvalue weighted by Crippen LogP contribution is -2.39. The van der Waals surface area contributed by atoms with Crippen molar-refractivity contribution in [3.63, 3.8) is 0 Å². The van der Waals surface area contributed by atoms with Crippen molar-refractivity contribution in [1.29, 1.82) is 0 Å². The standard InChI is InChI=1S/C10H12O3/c1-6-7(2)10(13,8(3)11)5-4-9(6)12/h4-5,13H,1-3H3. The van der Waals surface area contributed by atoms with Gasteiger partial charge in [0.25, 0.3) is 0 Å². The Kier molecular flexibility index (Phi) is 2.22. The van der Waals surface area contributed by atoms with Crippen molar-refractivity contribution in [1.82, 2.24) is 0 Å². The predicted molar refractivity (Wildman–Crippen MR) is 48.2 cm³/mol. The van der Waals surface area contributed by atoms with Crippen molar-refractivity contribution in [3.8, 4) is 0 Å². The molecule has 1 atom stereocenters. The highest BCUT2D eigenvalue weighted by Crippen LogP contribution is 2.27. The monoisotopic (exact) mass is 180 g/mol. The van der Waals surface area contributed by atoms with E-state index >= 15 is 0 Å².